The molecule has 2 nitrogen and oxygen atoms in total. The molecule has 0 aromatic heterocycles. The van der Waals surface area contributed by atoms with Crippen molar-refractivity contribution in [2.45, 2.75) is 6.92 Å². The van der Waals surface area contributed by atoms with Gasteiger partial charge in [0.15, 0.2) is 0 Å². The number of aryl methyl sites for hydroxylation is 1. The minimum absolute atomic E-state index is 0.182. The van der Waals surface area contributed by atoms with E-state index in [-0.39, 0.29) is 5.75 Å². The Morgan fingerprint density at radius 1 is 1.11 bits per heavy atom. The van der Waals surface area contributed by atoms with Crippen molar-refractivity contribution in [3.63, 3.8) is 0 Å². The number of aliphatic imine (C=N–C) groups is 1. The predicted octanol–water partition coefficient (Wildman–Crippen LogP) is 4.77. The Morgan fingerprint density at radius 3 is 2.58 bits per heavy atom. The Balaban J connectivity index is 2.07. The molecule has 3 heteroatoms. The van der Waals surface area contributed by atoms with Crippen molar-refractivity contribution in [1.29, 1.82) is 0 Å². The van der Waals surface area contributed by atoms with E-state index in [0.717, 1.165) is 16.1 Å². The lowest BCUT2D eigenvalue weighted by molar-refractivity contribution is 0.477. The number of phenolic OH excluding ortho intramolecular Hbond substituents is 1. The number of phenols is 1. The van der Waals surface area contributed by atoms with Gasteiger partial charge in [0.2, 0.25) is 0 Å². The van der Waals surface area contributed by atoms with Gasteiger partial charge in [-0.15, -0.1) is 0 Å². The van der Waals surface area contributed by atoms with E-state index >= 15 is 0 Å². The smallest absolute Gasteiger partial charge is 0.141 e. The lowest BCUT2D eigenvalue weighted by Gasteiger charge is -1.98. The molecule has 0 bridgehead atoms. The van der Waals surface area contributed by atoms with Crippen LogP contribution in [0, 0.1) is 6.92 Å². The molecule has 0 aliphatic heterocycles. The number of nitrogens with zero attached hydrogens (tertiary/aromatic N) is 1. The Hall–Kier alpha value is -2.06. The summed E-state index contributed by atoms with van der Waals surface area (Å²) in [6.07, 6.45) is 5.40. The average molecular weight is 272 g/mol. The van der Waals surface area contributed by atoms with Gasteiger partial charge in [0.1, 0.15) is 11.4 Å². The summed E-state index contributed by atoms with van der Waals surface area (Å²) < 4.78 is 0. The van der Waals surface area contributed by atoms with Gasteiger partial charge in [0.25, 0.3) is 0 Å². The molecule has 0 fully saturated rings. The van der Waals surface area contributed by atoms with Crippen LogP contribution in [0.5, 0.6) is 5.75 Å². The molecule has 0 radical (unpaired) electrons. The second-order valence-electron chi connectivity index (χ2n) is 4.18. The Kier molecular flexibility index (Phi) is 4.37. The summed E-state index contributed by atoms with van der Waals surface area (Å²) in [5.41, 5.74) is 2.68. The van der Waals surface area contributed by atoms with Crippen LogP contribution in [0.2, 0.25) is 5.02 Å². The van der Waals surface area contributed by atoms with Gasteiger partial charge in [-0.1, -0.05) is 35.9 Å². The van der Waals surface area contributed by atoms with E-state index in [4.69, 9.17) is 11.6 Å². The molecule has 0 spiro atoms. The van der Waals surface area contributed by atoms with Crippen LogP contribution >= 0.6 is 11.6 Å². The minimum Gasteiger partial charge on any atom is -0.506 e. The fourth-order valence-electron chi connectivity index (χ4n) is 1.59. The van der Waals surface area contributed by atoms with E-state index in [2.05, 4.69) is 4.99 Å². The Labute approximate surface area is 117 Å². The molecule has 0 saturated carbocycles. The summed E-state index contributed by atoms with van der Waals surface area (Å²) >= 11 is 5.81. The third-order valence-corrected chi connectivity index (χ3v) is 2.84. The van der Waals surface area contributed by atoms with Crippen LogP contribution in [0.15, 0.2) is 53.5 Å². The monoisotopic (exact) mass is 271 g/mol. The minimum atomic E-state index is 0.182. The summed E-state index contributed by atoms with van der Waals surface area (Å²) in [5.74, 6) is 0.182. The summed E-state index contributed by atoms with van der Waals surface area (Å²) in [6, 6.07) is 12.9. The van der Waals surface area contributed by atoms with Crippen LogP contribution in [0.4, 0.5) is 5.69 Å². The topological polar surface area (TPSA) is 32.6 Å². The average Bonchev–Trinajstić information content (AvgIpc) is 2.40. The van der Waals surface area contributed by atoms with E-state index in [1.54, 1.807) is 12.3 Å². The number of allylic oxidation sites excluding steroid dienone is 1. The normalized spacial score (nSPS) is 11.5. The number of aromatic hydroxyl groups is 1. The summed E-state index contributed by atoms with van der Waals surface area (Å²) in [5, 5.41) is 10.3. The van der Waals surface area contributed by atoms with E-state index in [1.165, 1.54) is 0 Å². The van der Waals surface area contributed by atoms with Gasteiger partial charge < -0.3 is 5.11 Å². The van der Waals surface area contributed by atoms with Crippen molar-refractivity contribution < 1.29 is 5.11 Å². The van der Waals surface area contributed by atoms with Gasteiger partial charge >= 0.3 is 0 Å². The van der Waals surface area contributed by atoms with Crippen molar-refractivity contribution in [2.75, 3.05) is 0 Å². The maximum Gasteiger partial charge on any atom is 0.141 e. The maximum atomic E-state index is 9.63. The van der Waals surface area contributed by atoms with E-state index in [1.807, 2.05) is 55.5 Å². The van der Waals surface area contributed by atoms with Crippen LogP contribution in [0.3, 0.4) is 0 Å². The quantitative estimate of drug-likeness (QED) is 0.802. The van der Waals surface area contributed by atoms with Crippen LogP contribution in [0.1, 0.15) is 11.1 Å². The largest absolute Gasteiger partial charge is 0.506 e. The highest BCUT2D eigenvalue weighted by Crippen LogP contribution is 2.26. The zero-order valence-electron chi connectivity index (χ0n) is 10.5. The van der Waals surface area contributed by atoms with Crippen LogP contribution in [-0.2, 0) is 0 Å². The predicted molar refractivity (Wildman–Crippen MR) is 81.5 cm³/mol. The molecule has 0 heterocycles. The second-order valence-corrected chi connectivity index (χ2v) is 4.62. The highest BCUT2D eigenvalue weighted by atomic mass is 35.5. The van der Waals surface area contributed by atoms with Gasteiger partial charge in [-0.05, 0) is 48.4 Å². The molecule has 0 aliphatic rings. The molecule has 0 amide bonds. The van der Waals surface area contributed by atoms with Gasteiger partial charge in [-0.2, -0.15) is 0 Å². The molecular formula is C16H14ClNO. The van der Waals surface area contributed by atoms with Crippen molar-refractivity contribution in [2.24, 2.45) is 4.99 Å². The van der Waals surface area contributed by atoms with Crippen LogP contribution < -0.4 is 0 Å². The summed E-state index contributed by atoms with van der Waals surface area (Å²) in [4.78, 5) is 4.21. The standard InChI is InChI=1S/C16H14ClNO/c1-12-4-9-16(19)15(11-12)18-10-2-3-13-5-7-14(17)8-6-13/h2-11,19H,1H3. The molecular weight excluding hydrogens is 258 g/mol. The SMILES string of the molecule is Cc1ccc(O)c(N=CC=Cc2ccc(Cl)cc2)c1. The van der Waals surface area contributed by atoms with E-state index < -0.39 is 0 Å². The maximum absolute atomic E-state index is 9.63. The third kappa shape index (κ3) is 3.97. The highest BCUT2D eigenvalue weighted by Gasteiger charge is 1.96. The molecule has 0 saturated heterocycles. The number of rotatable bonds is 3. The Morgan fingerprint density at radius 2 is 1.84 bits per heavy atom. The molecule has 19 heavy (non-hydrogen) atoms. The lowest BCUT2D eigenvalue weighted by Crippen LogP contribution is -1.74. The zero-order valence-corrected chi connectivity index (χ0v) is 11.3. The molecule has 2 rings (SSSR count). The van der Waals surface area contributed by atoms with Gasteiger partial charge in [0, 0.05) is 11.2 Å². The first-order valence-corrected chi connectivity index (χ1v) is 6.29. The van der Waals surface area contributed by atoms with Crippen LogP contribution in [-0.4, -0.2) is 11.3 Å². The third-order valence-electron chi connectivity index (χ3n) is 2.59. The molecule has 0 unspecified atom stereocenters. The van der Waals surface area contributed by atoms with Gasteiger partial charge in [-0.3, -0.25) is 4.99 Å². The van der Waals surface area contributed by atoms with Crippen molar-refractivity contribution >= 4 is 29.6 Å². The second kappa shape index (κ2) is 6.21. The molecule has 1 N–H and O–H groups in total. The molecule has 2 aromatic carbocycles. The first-order chi connectivity index (χ1) is 9.15. The fourth-order valence-corrected chi connectivity index (χ4v) is 1.71. The van der Waals surface area contributed by atoms with E-state index in [0.29, 0.717) is 5.69 Å². The summed E-state index contributed by atoms with van der Waals surface area (Å²) in [6.45, 7) is 1.96. The molecule has 96 valence electrons. The van der Waals surface area contributed by atoms with E-state index in [9.17, 15) is 5.11 Å². The number of benzene rings is 2. The number of halogens is 1. The molecule has 0 aliphatic carbocycles. The fraction of sp³-hybridized carbons (Fsp3) is 0.0625. The highest BCUT2D eigenvalue weighted by molar-refractivity contribution is 6.30. The first kappa shape index (κ1) is 13.4. The van der Waals surface area contributed by atoms with Crippen LogP contribution in [0.25, 0.3) is 6.08 Å². The molecule has 2 aromatic rings. The first-order valence-electron chi connectivity index (χ1n) is 5.91. The van der Waals surface area contributed by atoms with Gasteiger partial charge in [-0.25, -0.2) is 0 Å². The Bertz CT molecular complexity index is 615. The lowest BCUT2D eigenvalue weighted by atomic mass is 10.2. The molecule has 0 atom stereocenters. The summed E-state index contributed by atoms with van der Waals surface area (Å²) in [7, 11) is 0. The zero-order chi connectivity index (χ0) is 13.7. The van der Waals surface area contributed by atoms with Crippen molar-refractivity contribution in [1.82, 2.24) is 0 Å². The number of hydrogen-bond donors (Lipinski definition) is 1. The van der Waals surface area contributed by atoms with Gasteiger partial charge in [0.05, 0.1) is 0 Å². The number of hydrogen-bond acceptors (Lipinski definition) is 2. The van der Waals surface area contributed by atoms with Crippen molar-refractivity contribution in [3.05, 3.63) is 64.7 Å². The van der Waals surface area contributed by atoms with Crippen molar-refractivity contribution in [3.8, 4) is 5.75 Å².